The fraction of sp³-hybridized carbons (Fsp3) is 0.353. The molecule has 0 aromatic carbocycles. The molecule has 3 aromatic heterocycles. The largest absolute Gasteiger partial charge is 0.368 e. The van der Waals surface area contributed by atoms with Crippen molar-refractivity contribution in [3.8, 4) is 6.07 Å². The molecular weight excluding hydrogens is 343 g/mol. The second-order valence-electron chi connectivity index (χ2n) is 6.11. The number of hydrogen-bond donors (Lipinski definition) is 2. The van der Waals surface area contributed by atoms with Crippen LogP contribution in [0.4, 0.5) is 10.1 Å². The molecule has 0 radical (unpaired) electrons. The van der Waals surface area contributed by atoms with Gasteiger partial charge in [-0.15, -0.1) is 0 Å². The lowest BCUT2D eigenvalue weighted by Crippen LogP contribution is -2.33. The van der Waals surface area contributed by atoms with Gasteiger partial charge in [-0.1, -0.05) is 11.6 Å². The predicted molar refractivity (Wildman–Crippen MR) is 95.7 cm³/mol. The molecule has 3 aromatic rings. The van der Waals surface area contributed by atoms with Crippen molar-refractivity contribution in [2.45, 2.75) is 12.5 Å². The molecule has 4 rings (SSSR count). The second-order valence-corrected chi connectivity index (χ2v) is 6.51. The number of fused-ring (bicyclic) bond motifs is 3. The summed E-state index contributed by atoms with van der Waals surface area (Å²) in [4.78, 5) is 13.9. The number of aromatic nitrogens is 3. The van der Waals surface area contributed by atoms with Crippen LogP contribution in [0, 0.1) is 11.3 Å². The number of pyridine rings is 2. The summed E-state index contributed by atoms with van der Waals surface area (Å²) in [7, 11) is 0. The fourth-order valence-electron chi connectivity index (χ4n) is 3.48. The summed E-state index contributed by atoms with van der Waals surface area (Å²) in [5.41, 5.74) is 2.78. The zero-order valence-electron chi connectivity index (χ0n) is 13.4. The number of nitriles is 1. The van der Waals surface area contributed by atoms with E-state index in [0.717, 1.165) is 41.5 Å². The predicted octanol–water partition coefficient (Wildman–Crippen LogP) is 2.77. The molecule has 0 spiro atoms. The molecule has 0 aliphatic carbocycles. The van der Waals surface area contributed by atoms with Crippen molar-refractivity contribution >= 4 is 39.2 Å². The van der Waals surface area contributed by atoms with E-state index >= 15 is 0 Å². The normalized spacial score (nSPS) is 17.5. The molecule has 8 heteroatoms. The molecule has 1 saturated heterocycles. The molecular formula is C17H16ClFN6. The third-order valence-corrected chi connectivity index (χ3v) is 4.86. The molecule has 4 heterocycles. The maximum atomic E-state index is 12.4. The summed E-state index contributed by atoms with van der Waals surface area (Å²) >= 11 is 6.49. The third kappa shape index (κ3) is 2.77. The highest BCUT2D eigenvalue weighted by molar-refractivity contribution is 6.35. The van der Waals surface area contributed by atoms with E-state index in [1.807, 2.05) is 0 Å². The first-order valence-corrected chi connectivity index (χ1v) is 8.49. The number of halogens is 2. The Labute approximate surface area is 148 Å². The zero-order valence-corrected chi connectivity index (χ0v) is 14.1. The molecule has 6 nitrogen and oxygen atoms in total. The van der Waals surface area contributed by atoms with Gasteiger partial charge in [0.1, 0.15) is 24.1 Å². The molecule has 1 aliphatic heterocycles. The number of rotatable bonds is 4. The van der Waals surface area contributed by atoms with Crippen LogP contribution in [0.3, 0.4) is 0 Å². The minimum Gasteiger partial charge on any atom is -0.368 e. The minimum absolute atomic E-state index is 0.233. The first kappa shape index (κ1) is 16.1. The van der Waals surface area contributed by atoms with Gasteiger partial charge in [-0.05, 0) is 12.5 Å². The zero-order chi connectivity index (χ0) is 17.4. The number of anilines is 1. The van der Waals surface area contributed by atoms with Crippen molar-refractivity contribution < 1.29 is 4.39 Å². The summed E-state index contributed by atoms with van der Waals surface area (Å²) in [5, 5.41) is 14.7. The van der Waals surface area contributed by atoms with Gasteiger partial charge in [-0.25, -0.2) is 14.4 Å². The lowest BCUT2D eigenvalue weighted by molar-refractivity contribution is 0.440. The number of nitrogens with one attached hydrogen (secondary N) is 2. The van der Waals surface area contributed by atoms with Crippen molar-refractivity contribution in [1.82, 2.24) is 20.3 Å². The summed E-state index contributed by atoms with van der Waals surface area (Å²) in [6, 6.07) is 4.06. The van der Waals surface area contributed by atoms with Crippen LogP contribution in [0.1, 0.15) is 12.1 Å². The Kier molecular flexibility index (Phi) is 4.15. The van der Waals surface area contributed by atoms with Crippen LogP contribution in [0.15, 0.2) is 18.5 Å². The van der Waals surface area contributed by atoms with Crippen molar-refractivity contribution in [2.24, 2.45) is 0 Å². The van der Waals surface area contributed by atoms with Crippen LogP contribution in [-0.2, 0) is 0 Å². The monoisotopic (exact) mass is 358 g/mol. The highest BCUT2D eigenvalue weighted by Crippen LogP contribution is 2.39. The van der Waals surface area contributed by atoms with Crippen LogP contribution in [0.5, 0.6) is 0 Å². The van der Waals surface area contributed by atoms with E-state index in [9.17, 15) is 4.39 Å². The SMILES string of the molecule is N#Cc1cc2c(cn1)[nH]c1ncc(Cl)c(N3CC[C@H](NCCF)C3)c12. The average molecular weight is 359 g/mol. The van der Waals surface area contributed by atoms with E-state index in [4.69, 9.17) is 16.9 Å². The molecule has 0 bridgehead atoms. The minimum atomic E-state index is -0.372. The van der Waals surface area contributed by atoms with E-state index < -0.39 is 0 Å². The lowest BCUT2D eigenvalue weighted by Gasteiger charge is -2.21. The van der Waals surface area contributed by atoms with E-state index in [0.29, 0.717) is 22.9 Å². The van der Waals surface area contributed by atoms with Crippen molar-refractivity contribution in [2.75, 3.05) is 31.2 Å². The van der Waals surface area contributed by atoms with E-state index in [1.54, 1.807) is 18.5 Å². The van der Waals surface area contributed by atoms with E-state index in [-0.39, 0.29) is 12.7 Å². The van der Waals surface area contributed by atoms with Gasteiger partial charge in [-0.3, -0.25) is 0 Å². The van der Waals surface area contributed by atoms with Gasteiger partial charge in [0.2, 0.25) is 0 Å². The van der Waals surface area contributed by atoms with Crippen molar-refractivity contribution in [3.05, 3.63) is 29.2 Å². The molecule has 1 fully saturated rings. The highest BCUT2D eigenvalue weighted by Gasteiger charge is 2.26. The molecule has 0 saturated carbocycles. The summed E-state index contributed by atoms with van der Waals surface area (Å²) in [5.74, 6) is 0. The second kappa shape index (κ2) is 6.47. The van der Waals surface area contributed by atoms with Crippen molar-refractivity contribution in [3.63, 3.8) is 0 Å². The first-order chi connectivity index (χ1) is 12.2. The maximum absolute atomic E-state index is 12.4. The molecule has 2 N–H and O–H groups in total. The third-order valence-electron chi connectivity index (χ3n) is 4.58. The van der Waals surface area contributed by atoms with Gasteiger partial charge >= 0.3 is 0 Å². The summed E-state index contributed by atoms with van der Waals surface area (Å²) < 4.78 is 12.4. The molecule has 128 valence electrons. The van der Waals surface area contributed by atoms with E-state index in [1.165, 1.54) is 0 Å². The smallest absolute Gasteiger partial charge is 0.141 e. The molecule has 25 heavy (non-hydrogen) atoms. The topological polar surface area (TPSA) is 80.6 Å². The number of H-pyrrole nitrogens is 1. The molecule has 1 atom stereocenters. The average Bonchev–Trinajstić information content (AvgIpc) is 3.24. The van der Waals surface area contributed by atoms with Gasteiger partial charge in [-0.2, -0.15) is 5.26 Å². The highest BCUT2D eigenvalue weighted by atomic mass is 35.5. The molecule has 1 aliphatic rings. The standard InChI is InChI=1S/C17H16ClFN6/c18-13-7-23-17-15(12-5-11(6-20)22-8-14(12)24-17)16(13)25-4-1-10(9-25)21-3-2-19/h5,7-8,10,21H,1-4,9H2,(H,23,24)/t10-/m0/s1. The van der Waals surface area contributed by atoms with Gasteiger partial charge in [0.05, 0.1) is 34.0 Å². The number of aromatic amines is 1. The number of nitrogens with zero attached hydrogens (tertiary/aromatic N) is 4. The van der Waals surface area contributed by atoms with Crippen LogP contribution in [0.2, 0.25) is 5.02 Å². The molecule has 0 unspecified atom stereocenters. The van der Waals surface area contributed by atoms with Gasteiger partial charge in [0, 0.05) is 31.1 Å². The maximum Gasteiger partial charge on any atom is 0.141 e. The first-order valence-electron chi connectivity index (χ1n) is 8.11. The van der Waals surface area contributed by atoms with Crippen LogP contribution in [0.25, 0.3) is 21.9 Å². The van der Waals surface area contributed by atoms with Crippen LogP contribution < -0.4 is 10.2 Å². The van der Waals surface area contributed by atoms with Gasteiger partial charge in [0.15, 0.2) is 0 Å². The van der Waals surface area contributed by atoms with Gasteiger partial charge < -0.3 is 15.2 Å². The molecule has 0 amide bonds. The lowest BCUT2D eigenvalue weighted by atomic mass is 10.1. The fourth-order valence-corrected chi connectivity index (χ4v) is 3.74. The Morgan fingerprint density at radius 2 is 2.32 bits per heavy atom. The Balaban J connectivity index is 1.83. The van der Waals surface area contributed by atoms with Crippen LogP contribution in [-0.4, -0.2) is 47.3 Å². The van der Waals surface area contributed by atoms with Gasteiger partial charge in [0.25, 0.3) is 0 Å². The Morgan fingerprint density at radius 1 is 1.44 bits per heavy atom. The Bertz CT molecular complexity index is 979. The number of hydrogen-bond acceptors (Lipinski definition) is 5. The summed E-state index contributed by atoms with van der Waals surface area (Å²) in [6.45, 7) is 1.57. The summed E-state index contributed by atoms with van der Waals surface area (Å²) in [6.07, 6.45) is 4.20. The quantitative estimate of drug-likeness (QED) is 0.749. The Morgan fingerprint density at radius 3 is 3.12 bits per heavy atom. The Hall–Kier alpha value is -2.43. The van der Waals surface area contributed by atoms with E-state index in [2.05, 4.69) is 31.2 Å². The van der Waals surface area contributed by atoms with Crippen molar-refractivity contribution in [1.29, 1.82) is 5.26 Å². The number of alkyl halides is 1. The van der Waals surface area contributed by atoms with Crippen LogP contribution >= 0.6 is 11.6 Å².